The fraction of sp³-hybridized carbons (Fsp3) is 0.286. The average molecular weight is 305 g/mol. The number of amides is 1. The standard InChI is InChI=1S/C21H23NO/c1-2-15-21(18-11-5-3-6-12-18,19-13-7-4-8-14-19)20(23)22-16-9-10-17-22/h2-8,11-14H,1,9-10,15-17H2. The Hall–Kier alpha value is -2.35. The summed E-state index contributed by atoms with van der Waals surface area (Å²) in [6.07, 6.45) is 4.67. The second kappa shape index (κ2) is 6.82. The predicted octanol–water partition coefficient (Wildman–Crippen LogP) is 4.17. The lowest BCUT2D eigenvalue weighted by Crippen LogP contribution is -2.46. The molecule has 1 aliphatic rings. The van der Waals surface area contributed by atoms with Gasteiger partial charge in [0.2, 0.25) is 5.91 Å². The van der Waals surface area contributed by atoms with E-state index in [4.69, 9.17) is 0 Å². The van der Waals surface area contributed by atoms with Gasteiger partial charge in [0.15, 0.2) is 0 Å². The molecule has 0 spiro atoms. The average Bonchev–Trinajstić information content (AvgIpc) is 3.15. The third-order valence-electron chi connectivity index (χ3n) is 4.74. The Bertz CT molecular complexity index is 617. The van der Waals surface area contributed by atoms with Crippen LogP contribution in [0.25, 0.3) is 0 Å². The Balaban J connectivity index is 2.17. The summed E-state index contributed by atoms with van der Waals surface area (Å²) in [7, 11) is 0. The van der Waals surface area contributed by atoms with Crippen molar-refractivity contribution in [3.8, 4) is 0 Å². The van der Waals surface area contributed by atoms with Crippen molar-refractivity contribution in [2.45, 2.75) is 24.7 Å². The van der Waals surface area contributed by atoms with Crippen LogP contribution in [0.4, 0.5) is 0 Å². The molecule has 2 heteroatoms. The maximum absolute atomic E-state index is 13.5. The molecule has 2 aromatic carbocycles. The highest BCUT2D eigenvalue weighted by atomic mass is 16.2. The van der Waals surface area contributed by atoms with Gasteiger partial charge in [-0.1, -0.05) is 66.7 Å². The second-order valence-corrected chi connectivity index (χ2v) is 6.13. The molecule has 0 unspecified atom stereocenters. The highest BCUT2D eigenvalue weighted by Gasteiger charge is 2.43. The third-order valence-corrected chi connectivity index (χ3v) is 4.74. The van der Waals surface area contributed by atoms with Crippen LogP contribution in [0.2, 0.25) is 0 Å². The predicted molar refractivity (Wildman–Crippen MR) is 94.3 cm³/mol. The van der Waals surface area contributed by atoms with Gasteiger partial charge < -0.3 is 4.90 Å². The maximum atomic E-state index is 13.5. The first-order valence-electron chi connectivity index (χ1n) is 8.30. The Morgan fingerprint density at radius 1 is 0.957 bits per heavy atom. The van der Waals surface area contributed by atoms with E-state index in [1.807, 2.05) is 47.4 Å². The van der Waals surface area contributed by atoms with E-state index in [1.165, 1.54) is 0 Å². The molecule has 2 aromatic rings. The van der Waals surface area contributed by atoms with E-state index < -0.39 is 5.41 Å². The van der Waals surface area contributed by atoms with E-state index in [2.05, 4.69) is 30.8 Å². The zero-order valence-electron chi connectivity index (χ0n) is 13.4. The van der Waals surface area contributed by atoms with Crippen LogP contribution >= 0.6 is 0 Å². The van der Waals surface area contributed by atoms with E-state index in [-0.39, 0.29) is 5.91 Å². The molecule has 1 aliphatic heterocycles. The molecule has 0 radical (unpaired) electrons. The van der Waals surface area contributed by atoms with Crippen molar-refractivity contribution in [1.82, 2.24) is 4.90 Å². The number of allylic oxidation sites excluding steroid dienone is 1. The van der Waals surface area contributed by atoms with Gasteiger partial charge in [-0.2, -0.15) is 0 Å². The summed E-state index contributed by atoms with van der Waals surface area (Å²) in [5, 5.41) is 0. The van der Waals surface area contributed by atoms with Gasteiger partial charge in [0.05, 0.1) is 0 Å². The van der Waals surface area contributed by atoms with Crippen LogP contribution in [0.15, 0.2) is 73.3 Å². The van der Waals surface area contributed by atoms with Crippen molar-refractivity contribution in [1.29, 1.82) is 0 Å². The minimum absolute atomic E-state index is 0.201. The van der Waals surface area contributed by atoms with Crippen LogP contribution in [0.3, 0.4) is 0 Å². The number of hydrogen-bond donors (Lipinski definition) is 0. The minimum atomic E-state index is -0.672. The maximum Gasteiger partial charge on any atom is 0.238 e. The van der Waals surface area contributed by atoms with Gasteiger partial charge in [0.25, 0.3) is 0 Å². The summed E-state index contributed by atoms with van der Waals surface area (Å²) in [5.74, 6) is 0.201. The van der Waals surface area contributed by atoms with Crippen molar-refractivity contribution < 1.29 is 4.79 Å². The van der Waals surface area contributed by atoms with E-state index in [0.29, 0.717) is 6.42 Å². The molecule has 23 heavy (non-hydrogen) atoms. The molecular formula is C21H23NO. The van der Waals surface area contributed by atoms with Crippen LogP contribution in [0.1, 0.15) is 30.4 Å². The van der Waals surface area contributed by atoms with E-state index in [0.717, 1.165) is 37.1 Å². The molecule has 3 rings (SSSR count). The zero-order valence-corrected chi connectivity index (χ0v) is 13.4. The number of hydrogen-bond acceptors (Lipinski definition) is 1. The summed E-state index contributed by atoms with van der Waals surface area (Å²) in [4.78, 5) is 15.6. The van der Waals surface area contributed by atoms with Crippen LogP contribution in [-0.2, 0) is 10.2 Å². The molecule has 0 atom stereocenters. The molecule has 1 fully saturated rings. The van der Waals surface area contributed by atoms with Gasteiger partial charge in [0.1, 0.15) is 5.41 Å². The first kappa shape index (κ1) is 15.5. The molecule has 1 amide bonds. The lowest BCUT2D eigenvalue weighted by Gasteiger charge is -2.36. The van der Waals surface area contributed by atoms with Gasteiger partial charge in [-0.3, -0.25) is 4.79 Å². The Kier molecular flexibility index (Phi) is 4.61. The van der Waals surface area contributed by atoms with Crippen molar-refractivity contribution >= 4 is 5.91 Å². The second-order valence-electron chi connectivity index (χ2n) is 6.13. The normalized spacial score (nSPS) is 14.7. The fourth-order valence-electron chi connectivity index (χ4n) is 3.59. The quantitative estimate of drug-likeness (QED) is 0.759. The molecule has 0 aromatic heterocycles. The van der Waals surface area contributed by atoms with Crippen LogP contribution in [0, 0.1) is 0 Å². The van der Waals surface area contributed by atoms with E-state index in [1.54, 1.807) is 0 Å². The largest absolute Gasteiger partial charge is 0.342 e. The van der Waals surface area contributed by atoms with Gasteiger partial charge in [-0.15, -0.1) is 6.58 Å². The third kappa shape index (κ3) is 2.81. The van der Waals surface area contributed by atoms with Crippen LogP contribution < -0.4 is 0 Å². The fourth-order valence-corrected chi connectivity index (χ4v) is 3.59. The monoisotopic (exact) mass is 305 g/mol. The van der Waals surface area contributed by atoms with Crippen molar-refractivity contribution in [3.63, 3.8) is 0 Å². The molecule has 2 nitrogen and oxygen atoms in total. The Labute approximate surface area is 138 Å². The van der Waals surface area contributed by atoms with Gasteiger partial charge in [0, 0.05) is 13.1 Å². The van der Waals surface area contributed by atoms with Crippen molar-refractivity contribution in [3.05, 3.63) is 84.4 Å². The molecule has 0 bridgehead atoms. The topological polar surface area (TPSA) is 20.3 Å². The summed E-state index contributed by atoms with van der Waals surface area (Å²) < 4.78 is 0. The summed E-state index contributed by atoms with van der Waals surface area (Å²) >= 11 is 0. The molecule has 0 aliphatic carbocycles. The van der Waals surface area contributed by atoms with Crippen LogP contribution in [-0.4, -0.2) is 23.9 Å². The number of benzene rings is 2. The Morgan fingerprint density at radius 2 is 1.43 bits per heavy atom. The highest BCUT2D eigenvalue weighted by molar-refractivity contribution is 5.92. The van der Waals surface area contributed by atoms with Crippen molar-refractivity contribution in [2.24, 2.45) is 0 Å². The van der Waals surface area contributed by atoms with E-state index >= 15 is 0 Å². The van der Waals surface area contributed by atoms with Gasteiger partial charge >= 0.3 is 0 Å². The summed E-state index contributed by atoms with van der Waals surface area (Å²) in [5.41, 5.74) is 1.42. The molecule has 0 N–H and O–H groups in total. The smallest absolute Gasteiger partial charge is 0.238 e. The number of nitrogens with zero attached hydrogens (tertiary/aromatic N) is 1. The SMILES string of the molecule is C=CCC(C(=O)N1CCCC1)(c1ccccc1)c1ccccc1. The molecule has 1 saturated heterocycles. The van der Waals surface area contributed by atoms with E-state index in [9.17, 15) is 4.79 Å². The lowest BCUT2D eigenvalue weighted by atomic mass is 9.71. The zero-order chi connectivity index (χ0) is 16.1. The number of rotatable bonds is 5. The van der Waals surface area contributed by atoms with Crippen molar-refractivity contribution in [2.75, 3.05) is 13.1 Å². The summed E-state index contributed by atoms with van der Waals surface area (Å²) in [6.45, 7) is 5.65. The molecule has 1 heterocycles. The molecular weight excluding hydrogens is 282 g/mol. The highest BCUT2D eigenvalue weighted by Crippen LogP contribution is 2.38. The lowest BCUT2D eigenvalue weighted by molar-refractivity contribution is -0.134. The molecule has 0 saturated carbocycles. The first-order valence-corrected chi connectivity index (χ1v) is 8.30. The number of carbonyl (C=O) groups excluding carboxylic acids is 1. The molecule has 118 valence electrons. The first-order chi connectivity index (χ1) is 11.3. The van der Waals surface area contributed by atoms with Gasteiger partial charge in [-0.25, -0.2) is 0 Å². The van der Waals surface area contributed by atoms with Crippen LogP contribution in [0.5, 0.6) is 0 Å². The number of carbonyl (C=O) groups is 1. The number of likely N-dealkylation sites (tertiary alicyclic amines) is 1. The summed E-state index contributed by atoms with van der Waals surface area (Å²) in [6, 6.07) is 20.3. The minimum Gasteiger partial charge on any atom is -0.342 e. The Morgan fingerprint density at radius 3 is 1.87 bits per heavy atom. The van der Waals surface area contributed by atoms with Gasteiger partial charge in [-0.05, 0) is 30.4 Å².